The Labute approximate surface area is 170 Å². The summed E-state index contributed by atoms with van der Waals surface area (Å²) >= 11 is 12.4. The van der Waals surface area contributed by atoms with Gasteiger partial charge in [0.05, 0.1) is 10.5 Å². The van der Waals surface area contributed by atoms with Crippen molar-refractivity contribution in [3.8, 4) is 11.4 Å². The lowest BCUT2D eigenvalue weighted by Gasteiger charge is -2.24. The third-order valence-corrected chi connectivity index (χ3v) is 4.77. The number of fused-ring (bicyclic) bond motifs is 1. The number of rotatable bonds is 6. The first-order valence-corrected chi connectivity index (χ1v) is 9.36. The van der Waals surface area contributed by atoms with Crippen molar-refractivity contribution in [1.29, 1.82) is 0 Å². The first kappa shape index (κ1) is 20.8. The van der Waals surface area contributed by atoms with Crippen LogP contribution in [0.2, 0.25) is 10.0 Å². The van der Waals surface area contributed by atoms with Crippen LogP contribution in [0.4, 0.5) is 5.82 Å². The van der Waals surface area contributed by atoms with Crippen LogP contribution in [0.3, 0.4) is 0 Å². The molecule has 1 aromatic heterocycles. The molecule has 0 amide bonds. The normalized spacial score (nSPS) is 10.6. The van der Waals surface area contributed by atoms with E-state index in [1.165, 1.54) is 0 Å². The van der Waals surface area contributed by atoms with E-state index in [4.69, 9.17) is 33.2 Å². The molecule has 3 rings (SSSR count). The first-order chi connectivity index (χ1) is 12.1. The fourth-order valence-corrected chi connectivity index (χ4v) is 3.35. The van der Waals surface area contributed by atoms with E-state index in [-0.39, 0.29) is 12.4 Å². The minimum absolute atomic E-state index is 0. The lowest BCUT2D eigenvalue weighted by molar-refractivity contribution is -0.00000504. The zero-order chi connectivity index (χ0) is 17.8. The average Bonchev–Trinajstić information content (AvgIpc) is 2.62. The highest BCUT2D eigenvalue weighted by molar-refractivity contribution is 6.36. The van der Waals surface area contributed by atoms with E-state index in [1.807, 2.05) is 30.3 Å². The second kappa shape index (κ2) is 9.40. The molecule has 0 radical (unpaired) electrons. The van der Waals surface area contributed by atoms with Crippen LogP contribution in [0.15, 0.2) is 42.5 Å². The van der Waals surface area contributed by atoms with Gasteiger partial charge in [-0.1, -0.05) is 48.7 Å². The molecular weight excluding hydrogens is 389 g/mol. The van der Waals surface area contributed by atoms with Gasteiger partial charge in [0, 0.05) is 29.1 Å². The van der Waals surface area contributed by atoms with Crippen LogP contribution in [0.5, 0.6) is 0 Å². The fraction of sp³-hybridized carbons (Fsp3) is 0.300. The molecule has 2 aromatic carbocycles. The van der Waals surface area contributed by atoms with Gasteiger partial charge in [0.2, 0.25) is 0 Å². The maximum Gasteiger partial charge on any atom is 0.163 e. The van der Waals surface area contributed by atoms with Gasteiger partial charge in [0.1, 0.15) is 5.82 Å². The molecule has 3 nitrogen and oxygen atoms in total. The molecule has 0 aliphatic rings. The van der Waals surface area contributed by atoms with Crippen LogP contribution >= 0.6 is 23.2 Å². The van der Waals surface area contributed by atoms with E-state index in [9.17, 15) is 0 Å². The molecule has 0 spiro atoms. The van der Waals surface area contributed by atoms with E-state index in [0.29, 0.717) is 15.9 Å². The van der Waals surface area contributed by atoms with E-state index in [2.05, 4.69) is 24.8 Å². The summed E-state index contributed by atoms with van der Waals surface area (Å²) in [5.41, 5.74) is 1.72. The average molecular weight is 410 g/mol. The maximum atomic E-state index is 6.39. The summed E-state index contributed by atoms with van der Waals surface area (Å²) in [5.74, 6) is 1.59. The van der Waals surface area contributed by atoms with Gasteiger partial charge < -0.3 is 17.3 Å². The Hall–Kier alpha value is -1.55. The Morgan fingerprint density at radius 3 is 2.46 bits per heavy atom. The van der Waals surface area contributed by atoms with Gasteiger partial charge in [-0.15, -0.1) is 0 Å². The molecule has 0 atom stereocenters. The summed E-state index contributed by atoms with van der Waals surface area (Å²) in [6, 6.07) is 13.5. The number of hydrogen-bond donors (Lipinski definition) is 0. The first-order valence-electron chi connectivity index (χ1n) is 8.61. The van der Waals surface area contributed by atoms with Crippen LogP contribution in [0, 0.1) is 0 Å². The zero-order valence-electron chi connectivity index (χ0n) is 14.8. The second-order valence-electron chi connectivity index (χ2n) is 5.95. The number of benzene rings is 2. The third-order valence-electron chi connectivity index (χ3n) is 4.22. The predicted octanol–water partition coefficient (Wildman–Crippen LogP) is 3.23. The smallest absolute Gasteiger partial charge is 0.163 e. The van der Waals surface area contributed by atoms with Crippen molar-refractivity contribution in [2.75, 3.05) is 18.0 Å². The summed E-state index contributed by atoms with van der Waals surface area (Å²) in [7, 11) is 0. The van der Waals surface area contributed by atoms with Gasteiger partial charge >= 0.3 is 0 Å². The molecule has 0 saturated heterocycles. The number of hydrogen-bond acceptors (Lipinski definition) is 3. The van der Waals surface area contributed by atoms with Crippen molar-refractivity contribution < 1.29 is 12.4 Å². The largest absolute Gasteiger partial charge is 1.00 e. The molecule has 0 fully saturated rings. The standard InChI is InChI=1S/C20H21Cl2N3.ClH/c1-3-5-12-25(4-2)20-16-8-6-7-9-18(16)23-19(24-20)15-11-10-14(21)13-17(15)22;/h6-11,13H,3-5,12H2,1-2H3;1H/p-1. The van der Waals surface area contributed by atoms with Crippen LogP contribution in [-0.2, 0) is 0 Å². The van der Waals surface area contributed by atoms with Gasteiger partial charge in [-0.2, -0.15) is 0 Å². The quantitative estimate of drug-likeness (QED) is 0.626. The maximum absolute atomic E-state index is 6.39. The minimum Gasteiger partial charge on any atom is -1.00 e. The number of nitrogens with zero attached hydrogens (tertiary/aromatic N) is 3. The molecule has 0 N–H and O–H groups in total. The van der Waals surface area contributed by atoms with E-state index in [0.717, 1.165) is 48.2 Å². The number of halogens is 3. The number of para-hydroxylation sites is 1. The Bertz CT molecular complexity index is 883. The van der Waals surface area contributed by atoms with E-state index >= 15 is 0 Å². The highest BCUT2D eigenvalue weighted by Gasteiger charge is 2.15. The monoisotopic (exact) mass is 408 g/mol. The highest BCUT2D eigenvalue weighted by atomic mass is 35.5. The molecule has 3 aromatic rings. The Balaban J connectivity index is 0.00000243. The van der Waals surface area contributed by atoms with Gasteiger partial charge in [0.15, 0.2) is 5.82 Å². The Morgan fingerprint density at radius 1 is 1.00 bits per heavy atom. The van der Waals surface area contributed by atoms with Gasteiger partial charge in [0.25, 0.3) is 0 Å². The third kappa shape index (κ3) is 4.40. The Kier molecular flexibility index (Phi) is 7.51. The van der Waals surface area contributed by atoms with Gasteiger partial charge in [-0.05, 0) is 43.7 Å². The molecular formula is C20H21Cl3N3-. The highest BCUT2D eigenvalue weighted by Crippen LogP contribution is 2.32. The summed E-state index contributed by atoms with van der Waals surface area (Å²) in [5, 5.41) is 2.23. The topological polar surface area (TPSA) is 29.0 Å². The molecule has 26 heavy (non-hydrogen) atoms. The van der Waals surface area contributed by atoms with Crippen molar-refractivity contribution >= 4 is 39.9 Å². The van der Waals surface area contributed by atoms with Gasteiger partial charge in [-0.3, -0.25) is 0 Å². The van der Waals surface area contributed by atoms with Crippen molar-refractivity contribution in [3.63, 3.8) is 0 Å². The molecule has 0 unspecified atom stereocenters. The Morgan fingerprint density at radius 2 is 1.77 bits per heavy atom. The van der Waals surface area contributed by atoms with Crippen molar-refractivity contribution in [1.82, 2.24) is 9.97 Å². The molecule has 0 aliphatic heterocycles. The lowest BCUT2D eigenvalue weighted by atomic mass is 10.1. The summed E-state index contributed by atoms with van der Waals surface area (Å²) < 4.78 is 0. The minimum atomic E-state index is 0. The number of unbranched alkanes of at least 4 members (excludes halogenated alkanes) is 1. The molecule has 0 aliphatic carbocycles. The van der Waals surface area contributed by atoms with Gasteiger partial charge in [-0.25, -0.2) is 9.97 Å². The van der Waals surface area contributed by atoms with E-state index < -0.39 is 0 Å². The van der Waals surface area contributed by atoms with Crippen molar-refractivity contribution in [3.05, 3.63) is 52.5 Å². The second-order valence-corrected chi connectivity index (χ2v) is 6.79. The predicted molar refractivity (Wildman–Crippen MR) is 108 cm³/mol. The molecule has 0 saturated carbocycles. The van der Waals surface area contributed by atoms with Crippen molar-refractivity contribution in [2.24, 2.45) is 0 Å². The fourth-order valence-electron chi connectivity index (χ4n) is 2.85. The van der Waals surface area contributed by atoms with Crippen LogP contribution in [-0.4, -0.2) is 23.1 Å². The SMILES string of the molecule is CCCCN(CC)c1nc(-c2ccc(Cl)cc2Cl)nc2ccccc12.[Cl-]. The number of aromatic nitrogens is 2. The molecule has 6 heteroatoms. The molecule has 1 heterocycles. The van der Waals surface area contributed by atoms with Crippen LogP contribution < -0.4 is 17.3 Å². The molecule has 0 bridgehead atoms. The van der Waals surface area contributed by atoms with Crippen molar-refractivity contribution in [2.45, 2.75) is 26.7 Å². The summed E-state index contributed by atoms with van der Waals surface area (Å²) in [6.45, 7) is 6.23. The summed E-state index contributed by atoms with van der Waals surface area (Å²) in [6.07, 6.45) is 2.28. The summed E-state index contributed by atoms with van der Waals surface area (Å²) in [4.78, 5) is 11.9. The lowest BCUT2D eigenvalue weighted by Crippen LogP contribution is -3.00. The number of anilines is 1. The van der Waals surface area contributed by atoms with Crippen LogP contribution in [0.25, 0.3) is 22.3 Å². The van der Waals surface area contributed by atoms with Crippen LogP contribution in [0.1, 0.15) is 26.7 Å². The molecule has 138 valence electrons. The van der Waals surface area contributed by atoms with E-state index in [1.54, 1.807) is 6.07 Å². The zero-order valence-corrected chi connectivity index (χ0v) is 17.1.